The average molecular weight is 325 g/mol. The van der Waals surface area contributed by atoms with Crippen LogP contribution in [-0.4, -0.2) is 63.1 Å². The Labute approximate surface area is 139 Å². The van der Waals surface area contributed by atoms with Crippen LogP contribution in [0.2, 0.25) is 0 Å². The zero-order valence-corrected chi connectivity index (χ0v) is 13.5. The van der Waals surface area contributed by atoms with Crippen molar-refractivity contribution in [3.8, 4) is 5.69 Å². The average Bonchev–Trinajstić information content (AvgIpc) is 3.27. The fraction of sp³-hybridized carbons (Fsp3) is 0.412. The fourth-order valence-electron chi connectivity index (χ4n) is 3.68. The molecular formula is C17H19N5O2. The van der Waals surface area contributed by atoms with Gasteiger partial charge in [0.25, 0.3) is 5.91 Å². The van der Waals surface area contributed by atoms with Crippen molar-refractivity contribution < 1.29 is 9.59 Å². The second kappa shape index (κ2) is 5.74. The van der Waals surface area contributed by atoms with Crippen molar-refractivity contribution >= 4 is 11.8 Å². The van der Waals surface area contributed by atoms with E-state index in [0.717, 1.165) is 18.7 Å². The highest BCUT2D eigenvalue weighted by Crippen LogP contribution is 2.32. The first-order chi connectivity index (χ1) is 11.6. The minimum atomic E-state index is -0.0475. The summed E-state index contributed by atoms with van der Waals surface area (Å²) in [6, 6.07) is 7.40. The van der Waals surface area contributed by atoms with Gasteiger partial charge in [0.15, 0.2) is 0 Å². The topological polar surface area (TPSA) is 71.3 Å². The summed E-state index contributed by atoms with van der Waals surface area (Å²) in [6.45, 7) is 1.97. The van der Waals surface area contributed by atoms with Gasteiger partial charge >= 0.3 is 0 Å². The summed E-state index contributed by atoms with van der Waals surface area (Å²) in [5, 5.41) is 7.58. The van der Waals surface area contributed by atoms with E-state index in [1.807, 2.05) is 36.2 Å². The van der Waals surface area contributed by atoms with E-state index in [1.54, 1.807) is 22.1 Å². The van der Waals surface area contributed by atoms with Crippen LogP contribution < -0.4 is 0 Å². The minimum absolute atomic E-state index is 0.0187. The molecule has 0 spiro atoms. The Morgan fingerprint density at radius 3 is 2.79 bits per heavy atom. The van der Waals surface area contributed by atoms with Crippen LogP contribution in [0.1, 0.15) is 16.8 Å². The van der Waals surface area contributed by atoms with Crippen LogP contribution in [0.25, 0.3) is 5.69 Å². The summed E-state index contributed by atoms with van der Waals surface area (Å²) in [7, 11) is 1.84. The van der Waals surface area contributed by atoms with Gasteiger partial charge in [0.1, 0.15) is 12.7 Å². The van der Waals surface area contributed by atoms with Crippen molar-refractivity contribution in [1.29, 1.82) is 0 Å². The third-order valence-corrected chi connectivity index (χ3v) is 5.07. The number of likely N-dealkylation sites (tertiary alicyclic amines) is 2. The van der Waals surface area contributed by atoms with Gasteiger partial charge in [0, 0.05) is 37.9 Å². The van der Waals surface area contributed by atoms with Gasteiger partial charge in [-0.3, -0.25) is 14.2 Å². The van der Waals surface area contributed by atoms with Crippen LogP contribution >= 0.6 is 0 Å². The summed E-state index contributed by atoms with van der Waals surface area (Å²) in [4.78, 5) is 28.7. The molecular weight excluding hydrogens is 306 g/mol. The number of aromatic nitrogens is 3. The third-order valence-electron chi connectivity index (χ3n) is 5.07. The Bertz CT molecular complexity index is 773. The Morgan fingerprint density at radius 2 is 2.00 bits per heavy atom. The number of amides is 2. The van der Waals surface area contributed by atoms with Gasteiger partial charge in [-0.1, -0.05) is 6.07 Å². The van der Waals surface area contributed by atoms with E-state index in [0.29, 0.717) is 24.6 Å². The van der Waals surface area contributed by atoms with E-state index in [9.17, 15) is 9.59 Å². The van der Waals surface area contributed by atoms with Gasteiger partial charge in [0.05, 0.1) is 5.92 Å². The smallest absolute Gasteiger partial charge is 0.253 e. The summed E-state index contributed by atoms with van der Waals surface area (Å²) in [6.07, 6.45) is 4.17. The Hall–Kier alpha value is -2.70. The number of piperidine rings is 1. The maximum absolute atomic E-state index is 12.9. The van der Waals surface area contributed by atoms with E-state index in [4.69, 9.17) is 0 Å². The molecule has 2 aromatic rings. The molecule has 7 nitrogen and oxygen atoms in total. The molecule has 0 radical (unpaired) electrons. The van der Waals surface area contributed by atoms with Gasteiger partial charge in [0.2, 0.25) is 5.91 Å². The summed E-state index contributed by atoms with van der Waals surface area (Å²) in [5.74, 6) is 0.391. The van der Waals surface area contributed by atoms with Gasteiger partial charge in [-0.15, -0.1) is 10.2 Å². The Balaban J connectivity index is 1.55. The number of carbonyl (C=O) groups excluding carboxylic acids is 2. The molecule has 2 aliphatic rings. The maximum atomic E-state index is 12.9. The van der Waals surface area contributed by atoms with Crippen LogP contribution in [0.4, 0.5) is 0 Å². The zero-order chi connectivity index (χ0) is 16.7. The lowest BCUT2D eigenvalue weighted by molar-refractivity contribution is -0.137. The molecule has 0 bridgehead atoms. The van der Waals surface area contributed by atoms with E-state index in [2.05, 4.69) is 10.2 Å². The molecule has 24 heavy (non-hydrogen) atoms. The lowest BCUT2D eigenvalue weighted by Gasteiger charge is -2.30. The van der Waals surface area contributed by atoms with Crippen molar-refractivity contribution in [3.63, 3.8) is 0 Å². The van der Waals surface area contributed by atoms with Crippen LogP contribution in [0.5, 0.6) is 0 Å². The first kappa shape index (κ1) is 14.9. The van der Waals surface area contributed by atoms with Crippen molar-refractivity contribution in [2.24, 2.45) is 11.8 Å². The molecule has 0 unspecified atom stereocenters. The number of nitrogens with zero attached hydrogens (tertiary/aromatic N) is 5. The van der Waals surface area contributed by atoms with Gasteiger partial charge in [-0.25, -0.2) is 0 Å². The molecule has 2 aliphatic heterocycles. The second-order valence-electron chi connectivity index (χ2n) is 6.54. The molecule has 1 aromatic carbocycles. The van der Waals surface area contributed by atoms with E-state index in [-0.39, 0.29) is 17.7 Å². The van der Waals surface area contributed by atoms with Gasteiger partial charge in [-0.2, -0.15) is 0 Å². The van der Waals surface area contributed by atoms with Crippen molar-refractivity contribution in [2.75, 3.05) is 26.7 Å². The molecule has 0 saturated carbocycles. The molecule has 124 valence electrons. The molecule has 7 heteroatoms. The number of hydrogen-bond donors (Lipinski definition) is 0. The lowest BCUT2D eigenvalue weighted by atomic mass is 9.88. The van der Waals surface area contributed by atoms with Crippen molar-refractivity contribution in [2.45, 2.75) is 6.42 Å². The molecule has 2 fully saturated rings. The summed E-state index contributed by atoms with van der Waals surface area (Å²) >= 11 is 0. The summed E-state index contributed by atoms with van der Waals surface area (Å²) < 4.78 is 1.76. The monoisotopic (exact) mass is 325 g/mol. The van der Waals surface area contributed by atoms with E-state index in [1.165, 1.54) is 0 Å². The number of fused-ring (bicyclic) bond motifs is 1. The van der Waals surface area contributed by atoms with Gasteiger partial charge in [-0.05, 0) is 30.5 Å². The number of rotatable bonds is 2. The maximum Gasteiger partial charge on any atom is 0.253 e. The predicted octanol–water partition coefficient (Wildman–Crippen LogP) is 0.818. The normalized spacial score (nSPS) is 23.5. The highest BCUT2D eigenvalue weighted by molar-refractivity contribution is 5.95. The third kappa shape index (κ3) is 2.46. The molecule has 0 N–H and O–H groups in total. The largest absolute Gasteiger partial charge is 0.345 e. The first-order valence-corrected chi connectivity index (χ1v) is 8.13. The SMILES string of the molecule is CN1CC[C@@H]2CN(C(=O)c3cccc(-n4cnnc4)c3)C[C@@H]2C1=O. The first-order valence-electron chi connectivity index (χ1n) is 8.13. The number of hydrogen-bond acceptors (Lipinski definition) is 4. The fourth-order valence-corrected chi connectivity index (χ4v) is 3.68. The van der Waals surface area contributed by atoms with Gasteiger partial charge < -0.3 is 9.80 Å². The van der Waals surface area contributed by atoms with Crippen LogP contribution in [0.15, 0.2) is 36.9 Å². The second-order valence-corrected chi connectivity index (χ2v) is 6.54. The molecule has 1 aromatic heterocycles. The lowest BCUT2D eigenvalue weighted by Crippen LogP contribution is -2.42. The standard InChI is InChI=1S/C17H19N5O2/c1-20-6-5-13-8-21(9-15(13)17(20)24)16(23)12-3-2-4-14(7-12)22-10-18-19-11-22/h2-4,7,10-11,13,15H,5-6,8-9H2,1H3/t13-,15+/m1/s1. The summed E-state index contributed by atoms with van der Waals surface area (Å²) in [5.41, 5.74) is 1.47. The van der Waals surface area contributed by atoms with Crippen LogP contribution in [-0.2, 0) is 4.79 Å². The van der Waals surface area contributed by atoms with E-state index >= 15 is 0 Å². The zero-order valence-electron chi connectivity index (χ0n) is 13.5. The number of benzene rings is 1. The predicted molar refractivity (Wildman–Crippen MR) is 86.5 cm³/mol. The Morgan fingerprint density at radius 1 is 1.21 bits per heavy atom. The quantitative estimate of drug-likeness (QED) is 0.819. The number of carbonyl (C=O) groups is 2. The Kier molecular flexibility index (Phi) is 3.55. The van der Waals surface area contributed by atoms with Crippen molar-refractivity contribution in [1.82, 2.24) is 24.6 Å². The minimum Gasteiger partial charge on any atom is -0.345 e. The van der Waals surface area contributed by atoms with Crippen molar-refractivity contribution in [3.05, 3.63) is 42.5 Å². The highest BCUT2D eigenvalue weighted by Gasteiger charge is 2.43. The molecule has 0 aliphatic carbocycles. The molecule has 3 heterocycles. The molecule has 2 saturated heterocycles. The highest BCUT2D eigenvalue weighted by atomic mass is 16.2. The molecule has 4 rings (SSSR count). The van der Waals surface area contributed by atoms with Crippen LogP contribution in [0, 0.1) is 11.8 Å². The molecule has 2 amide bonds. The van der Waals surface area contributed by atoms with Crippen LogP contribution in [0.3, 0.4) is 0 Å². The molecule has 2 atom stereocenters. The van der Waals surface area contributed by atoms with E-state index < -0.39 is 0 Å².